The average molecular weight is 336 g/mol. The molecule has 0 aromatic heterocycles. The molecule has 0 bridgehead atoms. The number of aldehydes is 1. The van der Waals surface area contributed by atoms with Crippen LogP contribution in [0.1, 0.15) is 19.4 Å². The molecule has 1 saturated heterocycles. The van der Waals surface area contributed by atoms with E-state index >= 15 is 0 Å². The quantitative estimate of drug-likeness (QED) is 0.665. The van der Waals surface area contributed by atoms with Crippen molar-refractivity contribution in [1.29, 1.82) is 0 Å². The smallest absolute Gasteiger partial charge is 0.322 e. The molecular formula is C16H20N2O4S. The van der Waals surface area contributed by atoms with Gasteiger partial charge in [-0.05, 0) is 19.4 Å². The van der Waals surface area contributed by atoms with E-state index in [4.69, 9.17) is 0 Å². The Hall–Kier alpha value is -1.86. The lowest BCUT2D eigenvalue weighted by molar-refractivity contribution is -0.140. The lowest BCUT2D eigenvalue weighted by Gasteiger charge is -2.21. The van der Waals surface area contributed by atoms with E-state index in [9.17, 15) is 19.5 Å². The molecule has 6 nitrogen and oxygen atoms in total. The summed E-state index contributed by atoms with van der Waals surface area (Å²) in [5.41, 5.74) is 0.852. The molecule has 1 aromatic carbocycles. The molecule has 0 aliphatic carbocycles. The Balaban J connectivity index is 1.99. The first-order valence-electron chi connectivity index (χ1n) is 7.29. The van der Waals surface area contributed by atoms with Crippen LogP contribution in [0.3, 0.4) is 0 Å². The summed E-state index contributed by atoms with van der Waals surface area (Å²) in [6.07, 6.45) is 0.822. The molecule has 1 fully saturated rings. The van der Waals surface area contributed by atoms with Gasteiger partial charge in [0.25, 0.3) is 0 Å². The fourth-order valence-electron chi connectivity index (χ4n) is 2.54. The number of carbonyl (C=O) groups is 3. The van der Waals surface area contributed by atoms with E-state index in [1.54, 1.807) is 13.8 Å². The number of aliphatic carboxylic acids is 1. The van der Waals surface area contributed by atoms with E-state index in [0.717, 1.165) is 5.56 Å². The molecule has 3 N–H and O–H groups in total. The second kappa shape index (κ2) is 7.14. The Labute approximate surface area is 139 Å². The second-order valence-electron chi connectivity index (χ2n) is 5.97. The lowest BCUT2D eigenvalue weighted by Crippen LogP contribution is -2.51. The maximum Gasteiger partial charge on any atom is 0.322 e. The second-order valence-corrected chi connectivity index (χ2v) is 7.77. The van der Waals surface area contributed by atoms with Gasteiger partial charge in [0.1, 0.15) is 18.4 Å². The van der Waals surface area contributed by atoms with Crippen LogP contribution >= 0.6 is 11.8 Å². The number of carboxylic acid groups (broad SMARTS) is 1. The topological polar surface area (TPSA) is 95.5 Å². The van der Waals surface area contributed by atoms with Crippen LogP contribution in [-0.4, -0.2) is 45.5 Å². The van der Waals surface area contributed by atoms with Crippen molar-refractivity contribution in [2.75, 3.05) is 0 Å². The fourth-order valence-corrected chi connectivity index (χ4v) is 3.98. The number of thioether (sulfide) groups is 1. The van der Waals surface area contributed by atoms with Gasteiger partial charge in [0.15, 0.2) is 0 Å². The van der Waals surface area contributed by atoms with Gasteiger partial charge in [0.05, 0.1) is 11.8 Å². The molecule has 1 aromatic rings. The first-order chi connectivity index (χ1) is 10.8. The van der Waals surface area contributed by atoms with E-state index < -0.39 is 28.2 Å². The van der Waals surface area contributed by atoms with Gasteiger partial charge in [-0.3, -0.25) is 14.9 Å². The summed E-state index contributed by atoms with van der Waals surface area (Å²) < 4.78 is -0.568. The number of benzene rings is 1. The summed E-state index contributed by atoms with van der Waals surface area (Å²) in [5, 5.41) is 14.4. The molecule has 1 heterocycles. The van der Waals surface area contributed by atoms with Gasteiger partial charge >= 0.3 is 5.97 Å². The number of nitrogens with one attached hydrogen (secondary N) is 2. The SMILES string of the molecule is CC1(C)S[C@H]([C@@H](C=O)NC(=O)Cc2ccccc2)N[C@H]1C(=O)O. The average Bonchev–Trinajstić information content (AvgIpc) is 2.81. The van der Waals surface area contributed by atoms with E-state index in [1.807, 2.05) is 30.3 Å². The van der Waals surface area contributed by atoms with Crippen molar-refractivity contribution < 1.29 is 19.5 Å². The summed E-state index contributed by atoms with van der Waals surface area (Å²) in [4.78, 5) is 34.7. The van der Waals surface area contributed by atoms with Gasteiger partial charge in [-0.15, -0.1) is 11.8 Å². The van der Waals surface area contributed by atoms with E-state index in [2.05, 4.69) is 10.6 Å². The standard InChI is InChI=1S/C16H20N2O4S/c1-16(2)13(15(21)22)18-14(23-16)11(9-19)17-12(20)8-10-6-4-3-5-7-10/h3-7,9,11,13-14,18H,8H2,1-2H3,(H,17,20)(H,21,22)/t11-,13+,14-/m1/s1. The number of carboxylic acids is 1. The van der Waals surface area contributed by atoms with Crippen LogP contribution in [0.5, 0.6) is 0 Å². The van der Waals surface area contributed by atoms with Crippen LogP contribution in [-0.2, 0) is 20.8 Å². The third kappa shape index (κ3) is 4.33. The van der Waals surface area contributed by atoms with Gasteiger partial charge in [-0.1, -0.05) is 30.3 Å². The van der Waals surface area contributed by atoms with Crippen LogP contribution in [0.15, 0.2) is 30.3 Å². The van der Waals surface area contributed by atoms with Crippen molar-refractivity contribution in [2.24, 2.45) is 0 Å². The predicted octanol–water partition coefficient (Wildman–Crippen LogP) is 0.807. The number of rotatable bonds is 6. The van der Waals surface area contributed by atoms with Crippen molar-refractivity contribution in [2.45, 2.75) is 42.5 Å². The summed E-state index contributed by atoms with van der Waals surface area (Å²) in [5.74, 6) is -1.24. The molecule has 2 rings (SSSR count). The third-order valence-corrected chi connectivity index (χ3v) is 5.24. The molecule has 1 aliphatic rings. The Morgan fingerprint density at radius 3 is 2.57 bits per heavy atom. The Bertz CT molecular complexity index is 591. The summed E-state index contributed by atoms with van der Waals surface area (Å²) >= 11 is 1.35. The van der Waals surface area contributed by atoms with Crippen molar-refractivity contribution >= 4 is 29.9 Å². The van der Waals surface area contributed by atoms with Crippen molar-refractivity contribution in [1.82, 2.24) is 10.6 Å². The monoisotopic (exact) mass is 336 g/mol. The Kier molecular flexibility index (Phi) is 5.43. The van der Waals surface area contributed by atoms with E-state index in [-0.39, 0.29) is 12.3 Å². The maximum absolute atomic E-state index is 12.1. The normalized spacial score (nSPS) is 23.9. The molecule has 23 heavy (non-hydrogen) atoms. The fraction of sp³-hybridized carbons (Fsp3) is 0.438. The van der Waals surface area contributed by atoms with Crippen molar-refractivity contribution in [3.8, 4) is 0 Å². The van der Waals surface area contributed by atoms with Gasteiger partial charge in [0.2, 0.25) is 5.91 Å². The Morgan fingerprint density at radius 2 is 2.04 bits per heavy atom. The first kappa shape index (κ1) is 17.5. The zero-order chi connectivity index (χ0) is 17.0. The highest BCUT2D eigenvalue weighted by Crippen LogP contribution is 2.38. The van der Waals surface area contributed by atoms with Crippen molar-refractivity contribution in [3.63, 3.8) is 0 Å². The number of hydrogen-bond donors (Lipinski definition) is 3. The molecule has 0 radical (unpaired) electrons. The minimum absolute atomic E-state index is 0.175. The van der Waals surface area contributed by atoms with Gasteiger partial charge in [0, 0.05) is 4.75 Å². The molecule has 3 atom stereocenters. The summed E-state index contributed by atoms with van der Waals surface area (Å²) in [7, 11) is 0. The zero-order valence-electron chi connectivity index (χ0n) is 13.0. The van der Waals surface area contributed by atoms with Crippen LogP contribution in [0, 0.1) is 0 Å². The van der Waals surface area contributed by atoms with E-state index in [0.29, 0.717) is 6.29 Å². The largest absolute Gasteiger partial charge is 0.480 e. The minimum atomic E-state index is -0.967. The summed E-state index contributed by atoms with van der Waals surface area (Å²) in [6.45, 7) is 3.61. The highest BCUT2D eigenvalue weighted by atomic mass is 32.2. The maximum atomic E-state index is 12.1. The van der Waals surface area contributed by atoms with Crippen LogP contribution in [0.2, 0.25) is 0 Å². The zero-order valence-corrected chi connectivity index (χ0v) is 13.8. The molecule has 0 unspecified atom stereocenters. The molecule has 1 aliphatic heterocycles. The highest BCUT2D eigenvalue weighted by Gasteiger charge is 2.47. The van der Waals surface area contributed by atoms with Crippen LogP contribution < -0.4 is 10.6 Å². The molecule has 124 valence electrons. The van der Waals surface area contributed by atoms with Crippen LogP contribution in [0.25, 0.3) is 0 Å². The van der Waals surface area contributed by atoms with Gasteiger partial charge in [-0.2, -0.15) is 0 Å². The third-order valence-electron chi connectivity index (χ3n) is 3.71. The first-order valence-corrected chi connectivity index (χ1v) is 8.16. The van der Waals surface area contributed by atoms with E-state index in [1.165, 1.54) is 11.8 Å². The molecule has 0 saturated carbocycles. The molecular weight excluding hydrogens is 316 g/mol. The van der Waals surface area contributed by atoms with Gasteiger partial charge < -0.3 is 15.2 Å². The minimum Gasteiger partial charge on any atom is -0.480 e. The Morgan fingerprint density at radius 1 is 1.39 bits per heavy atom. The number of hydrogen-bond acceptors (Lipinski definition) is 5. The molecule has 7 heteroatoms. The van der Waals surface area contributed by atoms with Gasteiger partial charge in [-0.25, -0.2) is 0 Å². The summed E-state index contributed by atoms with van der Waals surface area (Å²) in [6, 6.07) is 7.67. The molecule has 1 amide bonds. The highest BCUT2D eigenvalue weighted by molar-refractivity contribution is 8.01. The number of carbonyl (C=O) groups excluding carboxylic acids is 2. The number of amides is 1. The van der Waals surface area contributed by atoms with Crippen LogP contribution in [0.4, 0.5) is 0 Å². The van der Waals surface area contributed by atoms with Crippen molar-refractivity contribution in [3.05, 3.63) is 35.9 Å². The molecule has 0 spiro atoms. The predicted molar refractivity (Wildman–Crippen MR) is 88.2 cm³/mol. The lowest BCUT2D eigenvalue weighted by atomic mass is 10.0.